The van der Waals surface area contributed by atoms with Crippen molar-refractivity contribution in [3.05, 3.63) is 63.9 Å². The van der Waals surface area contributed by atoms with E-state index in [-0.39, 0.29) is 11.3 Å². The lowest BCUT2D eigenvalue weighted by atomic mass is 9.97. The molecule has 0 bridgehead atoms. The van der Waals surface area contributed by atoms with Gasteiger partial charge >= 0.3 is 0 Å². The molecular formula is C14H12Cl3N. The summed E-state index contributed by atoms with van der Waals surface area (Å²) in [5.41, 5.74) is 1.86. The third kappa shape index (κ3) is 3.17. The molecule has 1 heterocycles. The number of rotatable bonds is 3. The van der Waals surface area contributed by atoms with E-state index in [1.807, 2.05) is 37.3 Å². The van der Waals surface area contributed by atoms with E-state index in [2.05, 4.69) is 4.98 Å². The van der Waals surface area contributed by atoms with E-state index < -0.39 is 0 Å². The van der Waals surface area contributed by atoms with Crippen LogP contribution in [0, 0.1) is 0 Å². The zero-order chi connectivity index (χ0) is 13.1. The van der Waals surface area contributed by atoms with Gasteiger partial charge in [-0.15, -0.1) is 11.6 Å². The predicted octanol–water partition coefficient (Wildman–Crippen LogP) is 5.47. The predicted molar refractivity (Wildman–Crippen MR) is 77.7 cm³/mol. The fourth-order valence-corrected chi connectivity index (χ4v) is 2.62. The second-order valence-electron chi connectivity index (χ2n) is 4.15. The van der Waals surface area contributed by atoms with Gasteiger partial charge in [-0.05, 0) is 35.9 Å². The summed E-state index contributed by atoms with van der Waals surface area (Å²) in [7, 11) is 0. The molecule has 2 atom stereocenters. The number of hydrogen-bond donors (Lipinski definition) is 0. The standard InChI is InChI=1S/C14H12Cl3N/c1-9(13-4-2-3-5-18-13)14(17)10-6-11(15)8-12(16)7-10/h2-9,14H,1H3. The van der Waals surface area contributed by atoms with Crippen molar-refractivity contribution in [1.29, 1.82) is 0 Å². The van der Waals surface area contributed by atoms with E-state index in [9.17, 15) is 0 Å². The Morgan fingerprint density at radius 3 is 2.28 bits per heavy atom. The normalized spacial score (nSPS) is 14.2. The van der Waals surface area contributed by atoms with Crippen molar-refractivity contribution in [1.82, 2.24) is 4.98 Å². The SMILES string of the molecule is CC(c1ccccn1)C(Cl)c1cc(Cl)cc(Cl)c1. The van der Waals surface area contributed by atoms with Crippen molar-refractivity contribution in [2.24, 2.45) is 0 Å². The lowest BCUT2D eigenvalue weighted by Crippen LogP contribution is -2.04. The molecule has 1 nitrogen and oxygen atoms in total. The van der Waals surface area contributed by atoms with Crippen LogP contribution in [0.3, 0.4) is 0 Å². The van der Waals surface area contributed by atoms with Crippen LogP contribution in [-0.4, -0.2) is 4.98 Å². The van der Waals surface area contributed by atoms with Crippen molar-refractivity contribution in [3.8, 4) is 0 Å². The summed E-state index contributed by atoms with van der Waals surface area (Å²) in [5.74, 6) is 0.0856. The molecule has 0 spiro atoms. The molecule has 0 radical (unpaired) electrons. The molecule has 0 aliphatic heterocycles. The van der Waals surface area contributed by atoms with Crippen LogP contribution < -0.4 is 0 Å². The molecule has 0 fully saturated rings. The van der Waals surface area contributed by atoms with Gasteiger partial charge in [-0.3, -0.25) is 4.98 Å². The molecule has 0 aliphatic rings. The van der Waals surface area contributed by atoms with E-state index in [1.54, 1.807) is 12.3 Å². The molecule has 18 heavy (non-hydrogen) atoms. The number of aromatic nitrogens is 1. The van der Waals surface area contributed by atoms with E-state index in [1.165, 1.54) is 0 Å². The van der Waals surface area contributed by atoms with Gasteiger partial charge in [0, 0.05) is 27.9 Å². The fraction of sp³-hybridized carbons (Fsp3) is 0.214. The Bertz CT molecular complexity index is 508. The van der Waals surface area contributed by atoms with Crippen LogP contribution >= 0.6 is 34.8 Å². The Morgan fingerprint density at radius 2 is 1.72 bits per heavy atom. The fourth-order valence-electron chi connectivity index (χ4n) is 1.82. The first-order chi connectivity index (χ1) is 8.58. The van der Waals surface area contributed by atoms with Gasteiger partial charge in [0.05, 0.1) is 5.38 Å². The number of hydrogen-bond acceptors (Lipinski definition) is 1. The maximum Gasteiger partial charge on any atom is 0.0667 e. The van der Waals surface area contributed by atoms with Crippen LogP contribution in [0.2, 0.25) is 10.0 Å². The minimum Gasteiger partial charge on any atom is -0.261 e. The lowest BCUT2D eigenvalue weighted by Gasteiger charge is -2.18. The quantitative estimate of drug-likeness (QED) is 0.685. The van der Waals surface area contributed by atoms with E-state index in [0.29, 0.717) is 10.0 Å². The van der Waals surface area contributed by atoms with E-state index in [4.69, 9.17) is 34.8 Å². The van der Waals surface area contributed by atoms with Crippen LogP contribution in [0.15, 0.2) is 42.6 Å². The van der Waals surface area contributed by atoms with Gasteiger partial charge in [-0.2, -0.15) is 0 Å². The van der Waals surface area contributed by atoms with Crippen molar-refractivity contribution in [2.75, 3.05) is 0 Å². The zero-order valence-electron chi connectivity index (χ0n) is 9.78. The zero-order valence-corrected chi connectivity index (χ0v) is 12.0. The number of benzene rings is 1. The Kier molecular flexibility index (Phi) is 4.50. The molecule has 4 heteroatoms. The first-order valence-electron chi connectivity index (χ1n) is 5.59. The molecule has 1 aromatic carbocycles. The third-order valence-corrected chi connectivity index (χ3v) is 3.86. The highest BCUT2D eigenvalue weighted by Gasteiger charge is 2.20. The maximum atomic E-state index is 6.48. The summed E-state index contributed by atoms with van der Waals surface area (Å²) in [4.78, 5) is 4.32. The summed E-state index contributed by atoms with van der Waals surface area (Å²) in [6, 6.07) is 11.2. The summed E-state index contributed by atoms with van der Waals surface area (Å²) >= 11 is 18.5. The maximum absolute atomic E-state index is 6.48. The number of pyridine rings is 1. The second kappa shape index (κ2) is 5.92. The Balaban J connectivity index is 2.28. The van der Waals surface area contributed by atoms with Gasteiger partial charge in [-0.25, -0.2) is 0 Å². The van der Waals surface area contributed by atoms with Crippen LogP contribution in [0.4, 0.5) is 0 Å². The van der Waals surface area contributed by atoms with Crippen molar-refractivity contribution in [2.45, 2.75) is 18.2 Å². The molecule has 0 amide bonds. The van der Waals surface area contributed by atoms with Crippen LogP contribution in [0.5, 0.6) is 0 Å². The Labute approximate surface area is 122 Å². The summed E-state index contributed by atoms with van der Waals surface area (Å²) < 4.78 is 0. The van der Waals surface area contributed by atoms with E-state index in [0.717, 1.165) is 11.3 Å². The molecule has 2 rings (SSSR count). The molecule has 0 saturated heterocycles. The van der Waals surface area contributed by atoms with Crippen LogP contribution in [-0.2, 0) is 0 Å². The van der Waals surface area contributed by atoms with Gasteiger partial charge in [0.1, 0.15) is 0 Å². The van der Waals surface area contributed by atoms with Crippen LogP contribution in [0.1, 0.15) is 29.5 Å². The molecule has 0 saturated carbocycles. The van der Waals surface area contributed by atoms with Crippen molar-refractivity contribution < 1.29 is 0 Å². The highest BCUT2D eigenvalue weighted by molar-refractivity contribution is 6.35. The lowest BCUT2D eigenvalue weighted by molar-refractivity contribution is 0.706. The summed E-state index contributed by atoms with van der Waals surface area (Å²) in [6.45, 7) is 2.04. The first-order valence-corrected chi connectivity index (χ1v) is 6.78. The average Bonchev–Trinajstić information content (AvgIpc) is 2.37. The van der Waals surface area contributed by atoms with Crippen LogP contribution in [0.25, 0.3) is 0 Å². The minimum atomic E-state index is -0.212. The van der Waals surface area contributed by atoms with Gasteiger partial charge < -0.3 is 0 Å². The van der Waals surface area contributed by atoms with Gasteiger partial charge in [0.2, 0.25) is 0 Å². The number of halogens is 3. The number of nitrogens with zero attached hydrogens (tertiary/aromatic N) is 1. The highest BCUT2D eigenvalue weighted by Crippen LogP contribution is 2.37. The van der Waals surface area contributed by atoms with Crippen molar-refractivity contribution >= 4 is 34.8 Å². The third-order valence-electron chi connectivity index (χ3n) is 2.80. The van der Waals surface area contributed by atoms with Gasteiger partial charge in [0.25, 0.3) is 0 Å². The summed E-state index contributed by atoms with van der Waals surface area (Å²) in [6.07, 6.45) is 1.76. The Morgan fingerprint density at radius 1 is 1.06 bits per heavy atom. The first kappa shape index (κ1) is 13.7. The monoisotopic (exact) mass is 299 g/mol. The average molecular weight is 301 g/mol. The second-order valence-corrected chi connectivity index (χ2v) is 5.49. The van der Waals surface area contributed by atoms with Gasteiger partial charge in [-0.1, -0.05) is 36.2 Å². The number of alkyl halides is 1. The highest BCUT2D eigenvalue weighted by atomic mass is 35.5. The molecule has 2 aromatic rings. The largest absolute Gasteiger partial charge is 0.261 e. The van der Waals surface area contributed by atoms with E-state index >= 15 is 0 Å². The topological polar surface area (TPSA) is 12.9 Å². The molecule has 1 aromatic heterocycles. The Hall–Kier alpha value is -0.760. The molecule has 94 valence electrons. The van der Waals surface area contributed by atoms with Gasteiger partial charge in [0.15, 0.2) is 0 Å². The molecule has 0 N–H and O–H groups in total. The molecule has 0 aliphatic carbocycles. The molecular weight excluding hydrogens is 289 g/mol. The van der Waals surface area contributed by atoms with Crippen molar-refractivity contribution in [3.63, 3.8) is 0 Å². The minimum absolute atomic E-state index is 0.0856. The smallest absolute Gasteiger partial charge is 0.0667 e. The molecule has 2 unspecified atom stereocenters. The summed E-state index contributed by atoms with van der Waals surface area (Å²) in [5, 5.41) is 0.976.